The first kappa shape index (κ1) is 21.1. The molecule has 1 saturated heterocycles. The zero-order chi connectivity index (χ0) is 22.0. The molecule has 1 aromatic heterocycles. The number of carbonyl (C=O) groups excluding carboxylic acids is 1. The Morgan fingerprint density at radius 2 is 1.77 bits per heavy atom. The van der Waals surface area contributed by atoms with E-state index in [0.717, 1.165) is 11.4 Å². The Kier molecular flexibility index (Phi) is 5.82. The topological polar surface area (TPSA) is 90.3 Å². The van der Waals surface area contributed by atoms with Gasteiger partial charge in [-0.15, -0.1) is 0 Å². The number of aromatic nitrogens is 2. The van der Waals surface area contributed by atoms with Crippen molar-refractivity contribution in [3.05, 3.63) is 72.1 Å². The zero-order valence-electron chi connectivity index (χ0n) is 17.5. The number of rotatable bonds is 6. The molecule has 1 fully saturated rings. The van der Waals surface area contributed by atoms with Gasteiger partial charge in [0.05, 0.1) is 17.5 Å². The monoisotopic (exact) mass is 439 g/mol. The van der Waals surface area contributed by atoms with Crippen LogP contribution in [0.1, 0.15) is 48.4 Å². The normalized spacial score (nSPS) is 17.6. The fourth-order valence-corrected chi connectivity index (χ4v) is 5.33. The second-order valence-electron chi connectivity index (χ2n) is 8.00. The summed E-state index contributed by atoms with van der Waals surface area (Å²) in [6.07, 6.45) is 0.521. The molecule has 1 amide bonds. The quantitative estimate of drug-likeness (QED) is 0.614. The van der Waals surface area contributed by atoms with E-state index >= 15 is 0 Å². The average Bonchev–Trinajstić information content (AvgIpc) is 3.34. The van der Waals surface area contributed by atoms with E-state index < -0.39 is 9.84 Å². The summed E-state index contributed by atoms with van der Waals surface area (Å²) >= 11 is 0. The molecule has 1 aliphatic rings. The van der Waals surface area contributed by atoms with Gasteiger partial charge in [-0.1, -0.05) is 32.0 Å². The molecule has 162 valence electrons. The van der Waals surface area contributed by atoms with Gasteiger partial charge in [0.1, 0.15) is 11.5 Å². The van der Waals surface area contributed by atoms with Gasteiger partial charge in [0.2, 0.25) is 0 Å². The van der Waals surface area contributed by atoms with Crippen molar-refractivity contribution in [1.82, 2.24) is 9.78 Å². The molecule has 3 aromatic rings. The summed E-state index contributed by atoms with van der Waals surface area (Å²) in [5.41, 5.74) is 1.76. The lowest BCUT2D eigenvalue weighted by Crippen LogP contribution is -2.17. The molecule has 1 atom stereocenters. The molecule has 0 bridgehead atoms. The number of ether oxygens (including phenoxy) is 1. The van der Waals surface area contributed by atoms with Crippen molar-refractivity contribution in [2.75, 3.05) is 16.8 Å². The predicted octanol–water partition coefficient (Wildman–Crippen LogP) is 4.41. The van der Waals surface area contributed by atoms with Gasteiger partial charge >= 0.3 is 0 Å². The summed E-state index contributed by atoms with van der Waals surface area (Å²) in [7, 11) is -3.05. The summed E-state index contributed by atoms with van der Waals surface area (Å²) in [6.45, 7) is 4.01. The molecule has 31 heavy (non-hydrogen) atoms. The van der Waals surface area contributed by atoms with E-state index in [4.69, 9.17) is 4.74 Å². The van der Waals surface area contributed by atoms with Crippen molar-refractivity contribution < 1.29 is 17.9 Å². The molecule has 1 N–H and O–H groups in total. The summed E-state index contributed by atoms with van der Waals surface area (Å²) < 4.78 is 31.3. The van der Waals surface area contributed by atoms with E-state index in [1.54, 1.807) is 35.0 Å². The summed E-state index contributed by atoms with van der Waals surface area (Å²) in [5.74, 6) is 1.41. The van der Waals surface area contributed by atoms with Gasteiger partial charge in [-0.25, -0.2) is 8.42 Å². The minimum Gasteiger partial charge on any atom is -0.457 e. The molecule has 4 rings (SSSR count). The number of para-hydroxylation sites is 1. The third-order valence-corrected chi connectivity index (χ3v) is 6.98. The largest absolute Gasteiger partial charge is 0.457 e. The van der Waals surface area contributed by atoms with E-state index in [9.17, 15) is 13.2 Å². The van der Waals surface area contributed by atoms with E-state index in [1.165, 1.54) is 0 Å². The Hall–Kier alpha value is -3.13. The smallest absolute Gasteiger partial charge is 0.276 e. The Balaban J connectivity index is 1.48. The van der Waals surface area contributed by atoms with Crippen LogP contribution in [0.5, 0.6) is 11.5 Å². The van der Waals surface area contributed by atoms with Gasteiger partial charge in [0.15, 0.2) is 15.5 Å². The third-order valence-electron chi connectivity index (χ3n) is 5.23. The number of nitrogens with one attached hydrogen (secondary N) is 1. The Bertz CT molecular complexity index is 1170. The van der Waals surface area contributed by atoms with Crippen LogP contribution >= 0.6 is 0 Å². The number of sulfone groups is 1. The van der Waals surface area contributed by atoms with Crippen molar-refractivity contribution in [2.45, 2.75) is 32.2 Å². The Morgan fingerprint density at radius 3 is 2.39 bits per heavy atom. The number of benzene rings is 2. The third kappa shape index (κ3) is 4.96. The molecular formula is C23H25N3O4S. The van der Waals surface area contributed by atoms with E-state index in [1.807, 2.05) is 44.2 Å². The highest BCUT2D eigenvalue weighted by atomic mass is 32.2. The molecule has 0 aliphatic carbocycles. The zero-order valence-corrected chi connectivity index (χ0v) is 18.3. The molecule has 0 unspecified atom stereocenters. The molecule has 7 nitrogen and oxygen atoms in total. The van der Waals surface area contributed by atoms with Gasteiger partial charge < -0.3 is 10.1 Å². The van der Waals surface area contributed by atoms with Gasteiger partial charge in [0, 0.05) is 11.4 Å². The first-order valence-corrected chi connectivity index (χ1v) is 12.1. The van der Waals surface area contributed by atoms with Crippen LogP contribution in [-0.4, -0.2) is 35.6 Å². The predicted molar refractivity (Wildman–Crippen MR) is 120 cm³/mol. The molecule has 0 radical (unpaired) electrons. The lowest BCUT2D eigenvalue weighted by molar-refractivity contribution is 0.102. The second-order valence-corrected chi connectivity index (χ2v) is 10.2. The van der Waals surface area contributed by atoms with Crippen molar-refractivity contribution >= 4 is 21.4 Å². The standard InChI is InChI=1S/C23H25N3O4S/c1-16(2)22-14-21(25-26(22)18-12-13-31(28,29)15-18)23(27)24-17-8-10-20(11-9-17)30-19-6-4-3-5-7-19/h3-11,14,16,18H,12-13,15H2,1-2H3,(H,24,27)/t18-/m1/s1. The van der Waals surface area contributed by atoms with Crippen molar-refractivity contribution in [3.63, 3.8) is 0 Å². The Morgan fingerprint density at radius 1 is 1.10 bits per heavy atom. The molecule has 1 aliphatic heterocycles. The fraction of sp³-hybridized carbons (Fsp3) is 0.304. The summed E-state index contributed by atoms with van der Waals surface area (Å²) in [4.78, 5) is 12.8. The minimum atomic E-state index is -3.05. The highest BCUT2D eigenvalue weighted by Gasteiger charge is 2.32. The van der Waals surface area contributed by atoms with Crippen LogP contribution in [0.15, 0.2) is 60.7 Å². The summed E-state index contributed by atoms with van der Waals surface area (Å²) in [6, 6.07) is 18.1. The minimum absolute atomic E-state index is 0.0678. The highest BCUT2D eigenvalue weighted by molar-refractivity contribution is 7.91. The number of nitrogens with zero attached hydrogens (tertiary/aromatic N) is 2. The SMILES string of the molecule is CC(C)c1cc(C(=O)Nc2ccc(Oc3ccccc3)cc2)nn1[C@@H]1CCS(=O)(=O)C1. The van der Waals surface area contributed by atoms with Crippen LogP contribution in [0.2, 0.25) is 0 Å². The first-order chi connectivity index (χ1) is 14.8. The van der Waals surface area contributed by atoms with Crippen LogP contribution in [0.3, 0.4) is 0 Å². The molecule has 8 heteroatoms. The lowest BCUT2D eigenvalue weighted by atomic mass is 10.1. The number of carbonyl (C=O) groups is 1. The van der Waals surface area contributed by atoms with Crippen LogP contribution in [-0.2, 0) is 9.84 Å². The van der Waals surface area contributed by atoms with E-state index in [2.05, 4.69) is 10.4 Å². The van der Waals surface area contributed by atoms with E-state index in [-0.39, 0.29) is 35.1 Å². The van der Waals surface area contributed by atoms with Crippen LogP contribution < -0.4 is 10.1 Å². The van der Waals surface area contributed by atoms with Crippen molar-refractivity contribution in [3.8, 4) is 11.5 Å². The molecular weight excluding hydrogens is 414 g/mol. The van der Waals surface area contributed by atoms with Crippen molar-refractivity contribution in [2.24, 2.45) is 0 Å². The maximum absolute atomic E-state index is 12.8. The number of anilines is 1. The second kappa shape index (κ2) is 8.55. The number of hydrogen-bond donors (Lipinski definition) is 1. The van der Waals surface area contributed by atoms with E-state index in [0.29, 0.717) is 17.9 Å². The maximum atomic E-state index is 12.8. The highest BCUT2D eigenvalue weighted by Crippen LogP contribution is 2.28. The number of hydrogen-bond acceptors (Lipinski definition) is 5. The molecule has 2 heterocycles. The Labute approximate surface area is 182 Å². The van der Waals surface area contributed by atoms with Crippen LogP contribution in [0, 0.1) is 0 Å². The van der Waals surface area contributed by atoms with Gasteiger partial charge in [0.25, 0.3) is 5.91 Å². The first-order valence-electron chi connectivity index (χ1n) is 10.2. The van der Waals surface area contributed by atoms with Crippen molar-refractivity contribution in [1.29, 1.82) is 0 Å². The molecule has 0 spiro atoms. The average molecular weight is 440 g/mol. The van der Waals surface area contributed by atoms with Gasteiger partial charge in [-0.3, -0.25) is 9.48 Å². The molecule has 0 saturated carbocycles. The van der Waals surface area contributed by atoms with Gasteiger partial charge in [-0.05, 0) is 54.8 Å². The van der Waals surface area contributed by atoms with Crippen LogP contribution in [0.4, 0.5) is 5.69 Å². The maximum Gasteiger partial charge on any atom is 0.276 e. The lowest BCUT2D eigenvalue weighted by Gasteiger charge is -2.15. The summed E-state index contributed by atoms with van der Waals surface area (Å²) in [5, 5.41) is 7.31. The molecule has 2 aromatic carbocycles. The van der Waals surface area contributed by atoms with Gasteiger partial charge in [-0.2, -0.15) is 5.10 Å². The van der Waals surface area contributed by atoms with Crippen LogP contribution in [0.25, 0.3) is 0 Å². The number of amides is 1. The fourth-order valence-electron chi connectivity index (χ4n) is 3.64.